The van der Waals surface area contributed by atoms with Gasteiger partial charge < -0.3 is 24.7 Å². The Kier molecular flexibility index (Phi) is 7.22. The van der Waals surface area contributed by atoms with Crippen LogP contribution in [0.3, 0.4) is 0 Å². The van der Waals surface area contributed by atoms with Crippen LogP contribution in [0.2, 0.25) is 10.0 Å². The van der Waals surface area contributed by atoms with Crippen molar-refractivity contribution in [3.63, 3.8) is 0 Å². The van der Waals surface area contributed by atoms with Crippen molar-refractivity contribution in [1.82, 2.24) is 20.0 Å². The van der Waals surface area contributed by atoms with E-state index in [9.17, 15) is 19.4 Å². The second kappa shape index (κ2) is 9.77. The van der Waals surface area contributed by atoms with Crippen LogP contribution in [-0.2, 0) is 9.47 Å². The summed E-state index contributed by atoms with van der Waals surface area (Å²) in [5.74, 6) is -0.728. The highest BCUT2D eigenvalue weighted by Crippen LogP contribution is 2.41. The van der Waals surface area contributed by atoms with Crippen LogP contribution < -0.4 is 4.87 Å². The topological polar surface area (TPSA) is 122 Å². The van der Waals surface area contributed by atoms with Crippen molar-refractivity contribution < 1.29 is 24.1 Å². The van der Waals surface area contributed by atoms with Gasteiger partial charge in [0.15, 0.2) is 5.82 Å². The number of H-pyrrole nitrogens is 1. The number of nitrogens with zero attached hydrogens (tertiary/aromatic N) is 3. The summed E-state index contributed by atoms with van der Waals surface area (Å²) < 4.78 is 26.7. The Balaban J connectivity index is 1.66. The maximum Gasteiger partial charge on any atom is 0.304 e. The molecule has 32 heavy (non-hydrogen) atoms. The van der Waals surface area contributed by atoms with Gasteiger partial charge in [-0.1, -0.05) is 51.5 Å². The molecular formula is C18H17Cl2FN4O5S2. The van der Waals surface area contributed by atoms with Crippen LogP contribution in [0.15, 0.2) is 33.4 Å². The van der Waals surface area contributed by atoms with Crippen molar-refractivity contribution in [2.75, 3.05) is 13.7 Å². The van der Waals surface area contributed by atoms with Crippen LogP contribution >= 0.6 is 46.3 Å². The Hall–Kier alpha value is -1.51. The molecule has 0 amide bonds. The monoisotopic (exact) mass is 522 g/mol. The fourth-order valence-corrected chi connectivity index (χ4v) is 5.83. The summed E-state index contributed by atoms with van der Waals surface area (Å²) in [5, 5.41) is 30.1. The molecule has 2 unspecified atom stereocenters. The zero-order valence-electron chi connectivity index (χ0n) is 16.3. The molecule has 2 aromatic heterocycles. The molecule has 3 heterocycles. The van der Waals surface area contributed by atoms with Crippen molar-refractivity contribution in [3.05, 3.63) is 49.2 Å². The molecule has 1 aliphatic rings. The second-order valence-corrected chi connectivity index (χ2v) is 9.70. The fourth-order valence-electron chi connectivity index (χ4n) is 3.39. The summed E-state index contributed by atoms with van der Waals surface area (Å²) in [4.78, 5) is 14.4. The number of ether oxygens (including phenoxy) is 2. The predicted molar refractivity (Wildman–Crippen MR) is 118 cm³/mol. The number of hydrogen-bond acceptors (Lipinski definition) is 9. The highest BCUT2D eigenvalue weighted by molar-refractivity contribution is 7.99. The number of thiazole rings is 1. The van der Waals surface area contributed by atoms with Gasteiger partial charge in [0, 0.05) is 17.4 Å². The first-order valence-electron chi connectivity index (χ1n) is 9.20. The van der Waals surface area contributed by atoms with Crippen molar-refractivity contribution in [3.8, 4) is 11.4 Å². The number of benzene rings is 1. The molecule has 0 spiro atoms. The minimum absolute atomic E-state index is 0.147. The Bertz CT molecular complexity index is 1140. The maximum absolute atomic E-state index is 13.8. The zero-order valence-corrected chi connectivity index (χ0v) is 19.5. The number of aromatic amines is 1. The van der Waals surface area contributed by atoms with E-state index >= 15 is 0 Å². The first-order chi connectivity index (χ1) is 15.3. The van der Waals surface area contributed by atoms with Gasteiger partial charge in [0.25, 0.3) is 0 Å². The third-order valence-electron chi connectivity index (χ3n) is 4.92. The van der Waals surface area contributed by atoms with Gasteiger partial charge in [-0.25, -0.2) is 9.07 Å². The van der Waals surface area contributed by atoms with Gasteiger partial charge in [-0.3, -0.25) is 4.79 Å². The van der Waals surface area contributed by atoms with Crippen molar-refractivity contribution in [1.29, 1.82) is 0 Å². The molecule has 5 atom stereocenters. The predicted octanol–water partition coefficient (Wildman–Crippen LogP) is 2.57. The van der Waals surface area contributed by atoms with E-state index in [0.717, 1.165) is 23.1 Å². The molecule has 0 saturated carbocycles. The van der Waals surface area contributed by atoms with Crippen LogP contribution in [0, 0.1) is 5.82 Å². The Morgan fingerprint density at radius 2 is 2.12 bits per heavy atom. The quantitative estimate of drug-likeness (QED) is 0.422. The molecule has 1 aromatic carbocycles. The van der Waals surface area contributed by atoms with Crippen LogP contribution in [0.25, 0.3) is 11.4 Å². The molecular weight excluding hydrogens is 506 g/mol. The van der Waals surface area contributed by atoms with Crippen molar-refractivity contribution in [2.24, 2.45) is 0 Å². The minimum Gasteiger partial charge on any atom is -0.394 e. The smallest absolute Gasteiger partial charge is 0.304 e. The van der Waals surface area contributed by atoms with Gasteiger partial charge in [-0.15, -0.1) is 5.10 Å². The normalized spacial score (nSPS) is 25.9. The molecule has 0 aliphatic carbocycles. The van der Waals surface area contributed by atoms with Crippen molar-refractivity contribution >= 4 is 46.3 Å². The summed E-state index contributed by atoms with van der Waals surface area (Å²) in [6.45, 7) is -0.463. The maximum atomic E-state index is 13.8. The van der Waals surface area contributed by atoms with Gasteiger partial charge in [-0.2, -0.15) is 0 Å². The van der Waals surface area contributed by atoms with Gasteiger partial charge in [0.1, 0.15) is 35.5 Å². The molecule has 0 radical (unpaired) electrons. The van der Waals surface area contributed by atoms with Crippen LogP contribution in [-0.4, -0.2) is 67.7 Å². The van der Waals surface area contributed by atoms with Gasteiger partial charge >= 0.3 is 4.87 Å². The SMILES string of the molecule is COC1[C@@H](Sc2cc(Cl)c(F)c(Cl)c2)OC(CO)[C@H](O)[C@@H]1n1cc(-c2csc(=O)[nH]2)nn1. The first-order valence-corrected chi connectivity index (χ1v) is 11.7. The number of nitrogens with one attached hydrogen (secondary N) is 1. The fraction of sp³-hybridized carbons (Fsp3) is 0.389. The number of thioether (sulfide) groups is 1. The molecule has 14 heteroatoms. The highest BCUT2D eigenvalue weighted by atomic mass is 35.5. The molecule has 3 N–H and O–H groups in total. The van der Waals surface area contributed by atoms with Gasteiger partial charge in [-0.05, 0) is 12.1 Å². The summed E-state index contributed by atoms with van der Waals surface area (Å²) >= 11 is 13.9. The molecule has 9 nitrogen and oxygen atoms in total. The lowest BCUT2D eigenvalue weighted by molar-refractivity contribution is -0.186. The Morgan fingerprint density at radius 3 is 2.72 bits per heavy atom. The van der Waals surface area contributed by atoms with Gasteiger partial charge in [0.2, 0.25) is 0 Å². The number of methoxy groups -OCH3 is 1. The number of hydrogen-bond donors (Lipinski definition) is 3. The van der Waals surface area contributed by atoms with Crippen molar-refractivity contribution in [2.45, 2.75) is 34.7 Å². The molecule has 3 aromatic rings. The summed E-state index contributed by atoms with van der Waals surface area (Å²) in [7, 11) is 1.44. The van der Waals surface area contributed by atoms with E-state index in [4.69, 9.17) is 32.7 Å². The number of aliphatic hydroxyl groups is 2. The molecule has 172 valence electrons. The van der Waals surface area contributed by atoms with Crippen LogP contribution in [0.4, 0.5) is 4.39 Å². The van der Waals surface area contributed by atoms with Crippen LogP contribution in [0.1, 0.15) is 6.04 Å². The summed E-state index contributed by atoms with van der Waals surface area (Å²) in [5.41, 5.74) is 0.150. The first kappa shape index (κ1) is 23.6. The number of halogens is 3. The number of aromatic nitrogens is 4. The standard InChI is InChI=1S/C18H17Cl2FN4O5S2/c1-29-16-14(25-4-10(23-24-25)11-6-31-18(28)22-11)15(27)12(5-26)30-17(16)32-7-2-8(19)13(21)9(20)3-7/h2-4,6,12,14-17,26-27H,5H2,1H3,(H,22,28)/t12?,14-,15-,16?,17+/m0/s1. The molecule has 1 aliphatic heterocycles. The average Bonchev–Trinajstić information content (AvgIpc) is 3.41. The third-order valence-corrected chi connectivity index (χ3v) is 7.26. The van der Waals surface area contributed by atoms with E-state index in [-0.39, 0.29) is 14.9 Å². The van der Waals surface area contributed by atoms with E-state index in [1.807, 2.05) is 0 Å². The van der Waals surface area contributed by atoms with E-state index in [1.165, 1.54) is 23.9 Å². The lowest BCUT2D eigenvalue weighted by atomic mass is 9.97. The van der Waals surface area contributed by atoms with Crippen LogP contribution in [0.5, 0.6) is 0 Å². The molecule has 4 rings (SSSR count). The van der Waals surface area contributed by atoms with E-state index < -0.39 is 42.2 Å². The summed E-state index contributed by atoms with van der Waals surface area (Å²) in [6.07, 6.45) is -1.33. The lowest BCUT2D eigenvalue weighted by Crippen LogP contribution is -2.55. The largest absolute Gasteiger partial charge is 0.394 e. The summed E-state index contributed by atoms with van der Waals surface area (Å²) in [6, 6.07) is 2.01. The van der Waals surface area contributed by atoms with E-state index in [1.54, 1.807) is 11.6 Å². The second-order valence-electron chi connectivity index (χ2n) is 6.87. The molecule has 0 bridgehead atoms. The zero-order chi connectivity index (χ0) is 23.0. The number of rotatable bonds is 6. The Labute approximate surface area is 199 Å². The third kappa shape index (κ3) is 4.59. The lowest BCUT2D eigenvalue weighted by Gasteiger charge is -2.43. The van der Waals surface area contributed by atoms with E-state index in [0.29, 0.717) is 16.3 Å². The number of aliphatic hydroxyl groups excluding tert-OH is 2. The Morgan fingerprint density at radius 1 is 1.41 bits per heavy atom. The molecule has 1 fully saturated rings. The van der Waals surface area contributed by atoms with E-state index in [2.05, 4.69) is 15.3 Å². The molecule has 1 saturated heterocycles. The highest BCUT2D eigenvalue weighted by Gasteiger charge is 2.47. The van der Waals surface area contributed by atoms with Gasteiger partial charge in [0.05, 0.1) is 28.5 Å². The minimum atomic E-state index is -1.18. The average molecular weight is 523 g/mol.